The van der Waals surface area contributed by atoms with E-state index >= 15 is 0 Å². The van der Waals surface area contributed by atoms with E-state index in [1.807, 2.05) is 73.4 Å². The fourth-order valence-corrected chi connectivity index (χ4v) is 3.85. The molecule has 154 valence electrons. The van der Waals surface area contributed by atoms with Gasteiger partial charge in [0.05, 0.1) is 39.3 Å². The van der Waals surface area contributed by atoms with Gasteiger partial charge in [0, 0.05) is 22.7 Å². The quantitative estimate of drug-likeness (QED) is 0.752. The Morgan fingerprint density at radius 3 is 2.23 bits per heavy atom. The van der Waals surface area contributed by atoms with Gasteiger partial charge in [-0.1, -0.05) is 18.2 Å². The molecule has 0 aliphatic carbocycles. The van der Waals surface area contributed by atoms with Crippen LogP contribution in [0.15, 0.2) is 65.0 Å². The highest BCUT2D eigenvalue weighted by atomic mass is 16.2. The third kappa shape index (κ3) is 5.08. The zero-order chi connectivity index (χ0) is 21.5. The van der Waals surface area contributed by atoms with E-state index in [1.165, 1.54) is 4.90 Å². The Hall–Kier alpha value is -3.55. The highest BCUT2D eigenvalue weighted by Crippen LogP contribution is 2.23. The predicted molar refractivity (Wildman–Crippen MR) is 115 cm³/mol. The van der Waals surface area contributed by atoms with E-state index in [-0.39, 0.29) is 11.6 Å². The average molecular weight is 404 g/mol. The molecule has 1 saturated heterocycles. The van der Waals surface area contributed by atoms with Crippen LogP contribution in [0.25, 0.3) is 0 Å². The normalized spacial score (nSPS) is 16.9. The minimum absolute atomic E-state index is 0.0426. The summed E-state index contributed by atoms with van der Waals surface area (Å²) in [7, 11) is 0. The maximum Gasteiger partial charge on any atom is 0.322 e. The van der Waals surface area contributed by atoms with Gasteiger partial charge in [-0.25, -0.2) is 4.79 Å². The molecule has 7 nitrogen and oxygen atoms in total. The number of quaternary nitrogens is 1. The van der Waals surface area contributed by atoms with E-state index in [0.29, 0.717) is 5.57 Å². The van der Waals surface area contributed by atoms with Crippen molar-refractivity contribution in [2.75, 3.05) is 44.6 Å². The van der Waals surface area contributed by atoms with Gasteiger partial charge in [0.2, 0.25) is 0 Å². The van der Waals surface area contributed by atoms with Gasteiger partial charge in [0.1, 0.15) is 17.7 Å². The molecule has 0 aromatic heterocycles. The van der Waals surface area contributed by atoms with Gasteiger partial charge in [0.25, 0.3) is 0 Å². The summed E-state index contributed by atoms with van der Waals surface area (Å²) in [6, 6.07) is 13.4. The van der Waals surface area contributed by atoms with Crippen molar-refractivity contribution in [1.82, 2.24) is 9.80 Å². The number of hydrogen-bond donors (Lipinski definition) is 2. The summed E-state index contributed by atoms with van der Waals surface area (Å²) in [5.41, 5.74) is 3.71. The first-order chi connectivity index (χ1) is 14.5. The van der Waals surface area contributed by atoms with Crippen molar-refractivity contribution in [3.05, 3.63) is 65.0 Å². The number of benzene rings is 1. The average Bonchev–Trinajstić information content (AvgIpc) is 2.75. The van der Waals surface area contributed by atoms with E-state index in [0.717, 1.165) is 56.4 Å². The van der Waals surface area contributed by atoms with E-state index in [4.69, 9.17) is 10.5 Å². The van der Waals surface area contributed by atoms with Crippen LogP contribution in [0.3, 0.4) is 0 Å². The largest absolute Gasteiger partial charge is 0.344 e. The molecule has 2 heterocycles. The maximum atomic E-state index is 12.4. The highest BCUT2D eigenvalue weighted by molar-refractivity contribution is 5.89. The van der Waals surface area contributed by atoms with E-state index < -0.39 is 0 Å². The van der Waals surface area contributed by atoms with Crippen LogP contribution in [0.4, 0.5) is 10.5 Å². The van der Waals surface area contributed by atoms with Crippen molar-refractivity contribution < 1.29 is 9.69 Å². The monoisotopic (exact) mass is 403 g/mol. The fourth-order valence-electron chi connectivity index (χ4n) is 3.85. The zero-order valence-electron chi connectivity index (χ0n) is 17.5. The van der Waals surface area contributed by atoms with Crippen molar-refractivity contribution in [3.8, 4) is 12.1 Å². The van der Waals surface area contributed by atoms with E-state index in [2.05, 4.69) is 10.2 Å². The number of urea groups is 1. The number of para-hydroxylation sites is 1. The van der Waals surface area contributed by atoms with Gasteiger partial charge in [-0.05, 0) is 38.1 Å². The highest BCUT2D eigenvalue weighted by Gasteiger charge is 2.25. The summed E-state index contributed by atoms with van der Waals surface area (Å²) in [6.07, 6.45) is 3.80. The first-order valence-corrected chi connectivity index (χ1v) is 10.1. The molecule has 0 radical (unpaired) electrons. The lowest BCUT2D eigenvalue weighted by Crippen LogP contribution is -3.15. The molecule has 2 N–H and O–H groups in total. The minimum Gasteiger partial charge on any atom is -0.344 e. The summed E-state index contributed by atoms with van der Waals surface area (Å²) in [5, 5.41) is 21.1. The number of allylic oxidation sites excluding steroid dienone is 6. The number of nitrogens with one attached hydrogen (secondary N) is 2. The van der Waals surface area contributed by atoms with Crippen LogP contribution in [-0.2, 0) is 0 Å². The summed E-state index contributed by atoms with van der Waals surface area (Å²) >= 11 is 0. The molecule has 0 unspecified atom stereocenters. The summed E-state index contributed by atoms with van der Waals surface area (Å²) in [5.74, 6) is 0. The van der Waals surface area contributed by atoms with Crippen molar-refractivity contribution in [2.45, 2.75) is 13.8 Å². The molecule has 2 aliphatic rings. The second kappa shape index (κ2) is 9.78. The molecule has 1 aromatic rings. The Bertz CT molecular complexity index is 918. The fraction of sp³-hybridized carbons (Fsp3) is 0.348. The molecule has 30 heavy (non-hydrogen) atoms. The molecular formula is C23H27N6O+. The first kappa shape index (κ1) is 21.2. The molecule has 7 heteroatoms. The summed E-state index contributed by atoms with van der Waals surface area (Å²) < 4.78 is 0. The van der Waals surface area contributed by atoms with E-state index in [1.54, 1.807) is 0 Å². The molecule has 2 aliphatic heterocycles. The SMILES string of the molecule is CC1=CC(=C(C#N)C#N)C=C(C)N1CC[NH+]1CCN(C(=O)Nc2ccccc2)CC1. The molecule has 0 atom stereocenters. The molecule has 3 rings (SSSR count). The van der Waals surface area contributed by atoms with Crippen LogP contribution in [0.1, 0.15) is 13.8 Å². The van der Waals surface area contributed by atoms with Crippen LogP contribution in [-0.4, -0.2) is 55.1 Å². The lowest BCUT2D eigenvalue weighted by atomic mass is 10.0. The Balaban J connectivity index is 1.49. The molecule has 0 saturated carbocycles. The second-order valence-electron chi connectivity index (χ2n) is 7.56. The molecule has 0 spiro atoms. The molecular weight excluding hydrogens is 376 g/mol. The predicted octanol–water partition coefficient (Wildman–Crippen LogP) is 1.89. The van der Waals surface area contributed by atoms with Crippen molar-refractivity contribution in [2.24, 2.45) is 0 Å². The zero-order valence-corrected chi connectivity index (χ0v) is 17.5. The van der Waals surface area contributed by atoms with Crippen LogP contribution in [0.5, 0.6) is 0 Å². The Kier molecular flexibility index (Phi) is 6.90. The van der Waals surface area contributed by atoms with Gasteiger partial charge in [0.15, 0.2) is 0 Å². The molecule has 0 bridgehead atoms. The number of carbonyl (C=O) groups is 1. The number of rotatable bonds is 4. The molecule has 1 aromatic carbocycles. The number of hydrogen-bond acceptors (Lipinski definition) is 4. The maximum absolute atomic E-state index is 12.4. The topological polar surface area (TPSA) is 87.6 Å². The number of nitrogens with zero attached hydrogens (tertiary/aromatic N) is 4. The van der Waals surface area contributed by atoms with E-state index in [9.17, 15) is 4.79 Å². The van der Waals surface area contributed by atoms with Crippen LogP contribution in [0.2, 0.25) is 0 Å². The smallest absolute Gasteiger partial charge is 0.322 e. The lowest BCUT2D eigenvalue weighted by Gasteiger charge is -2.35. The van der Waals surface area contributed by atoms with Crippen LogP contribution >= 0.6 is 0 Å². The van der Waals surface area contributed by atoms with Crippen molar-refractivity contribution >= 4 is 11.7 Å². The standard InChI is InChI=1S/C23H26N6O/c1-18-14-20(21(16-24)17-25)15-19(2)29(18)13-10-27-8-11-28(12-9-27)23(30)26-22-6-4-3-5-7-22/h3-7,14-15H,8-13H2,1-2H3,(H,26,30)/p+1. The first-order valence-electron chi connectivity index (χ1n) is 10.1. The number of anilines is 1. The van der Waals surface area contributed by atoms with Gasteiger partial charge < -0.3 is 20.0 Å². The third-order valence-electron chi connectivity index (χ3n) is 5.56. The summed E-state index contributed by atoms with van der Waals surface area (Å²) in [4.78, 5) is 18.0. The Morgan fingerprint density at radius 1 is 1.07 bits per heavy atom. The lowest BCUT2D eigenvalue weighted by molar-refractivity contribution is -0.903. The number of carbonyl (C=O) groups excluding carboxylic acids is 1. The van der Waals surface area contributed by atoms with Gasteiger partial charge in [-0.3, -0.25) is 0 Å². The minimum atomic E-state index is -0.0426. The number of piperazine rings is 1. The molecule has 2 amide bonds. The summed E-state index contributed by atoms with van der Waals surface area (Å²) in [6.45, 7) is 9.13. The van der Waals surface area contributed by atoms with Crippen LogP contribution < -0.4 is 10.2 Å². The number of nitriles is 2. The Morgan fingerprint density at radius 2 is 1.67 bits per heavy atom. The Labute approximate surface area is 177 Å². The van der Waals surface area contributed by atoms with Crippen molar-refractivity contribution in [1.29, 1.82) is 10.5 Å². The third-order valence-corrected chi connectivity index (χ3v) is 5.56. The second-order valence-corrected chi connectivity index (χ2v) is 7.56. The van der Waals surface area contributed by atoms with Gasteiger partial charge in [-0.2, -0.15) is 10.5 Å². The molecule has 1 fully saturated rings. The van der Waals surface area contributed by atoms with Crippen molar-refractivity contribution in [3.63, 3.8) is 0 Å². The van der Waals surface area contributed by atoms with Crippen LogP contribution in [0, 0.1) is 22.7 Å². The van der Waals surface area contributed by atoms with Gasteiger partial charge in [-0.15, -0.1) is 0 Å². The van der Waals surface area contributed by atoms with Gasteiger partial charge >= 0.3 is 6.03 Å². The number of amides is 2.